The molecule has 1 aliphatic rings. The molecule has 0 amide bonds. The predicted molar refractivity (Wildman–Crippen MR) is 76.4 cm³/mol. The van der Waals surface area contributed by atoms with Crippen molar-refractivity contribution in [2.45, 2.75) is 32.3 Å². The molecule has 2 rings (SSSR count). The van der Waals surface area contributed by atoms with E-state index in [0.717, 1.165) is 12.1 Å². The Kier molecular flexibility index (Phi) is 4.16. The van der Waals surface area contributed by atoms with Crippen LogP contribution in [0, 0.1) is 5.92 Å². The highest BCUT2D eigenvalue weighted by Crippen LogP contribution is 2.30. The second-order valence-electron chi connectivity index (χ2n) is 5.96. The average molecular weight is 282 g/mol. The number of esters is 1. The van der Waals surface area contributed by atoms with Gasteiger partial charge in [0.2, 0.25) is 0 Å². The van der Waals surface area contributed by atoms with E-state index in [-0.39, 0.29) is 17.8 Å². The molecule has 4 heteroatoms. The summed E-state index contributed by atoms with van der Waals surface area (Å²) < 4.78 is 5.49. The lowest BCUT2D eigenvalue weighted by Crippen LogP contribution is -2.31. The van der Waals surface area contributed by atoms with Gasteiger partial charge in [-0.2, -0.15) is 0 Å². The molecule has 19 heavy (non-hydrogen) atoms. The van der Waals surface area contributed by atoms with Gasteiger partial charge in [0.1, 0.15) is 5.60 Å². The van der Waals surface area contributed by atoms with Gasteiger partial charge in [-0.1, -0.05) is 23.7 Å². The van der Waals surface area contributed by atoms with Crippen LogP contribution in [0.3, 0.4) is 0 Å². The van der Waals surface area contributed by atoms with Gasteiger partial charge in [0.05, 0.1) is 5.92 Å². The molecule has 0 aromatic heterocycles. The minimum Gasteiger partial charge on any atom is -0.460 e. The van der Waals surface area contributed by atoms with Gasteiger partial charge in [-0.05, 0) is 38.5 Å². The Morgan fingerprint density at radius 1 is 1.26 bits per heavy atom. The van der Waals surface area contributed by atoms with Gasteiger partial charge in [-0.3, -0.25) is 4.79 Å². The van der Waals surface area contributed by atoms with Crippen molar-refractivity contribution in [3.63, 3.8) is 0 Å². The fraction of sp³-hybridized carbons (Fsp3) is 0.533. The van der Waals surface area contributed by atoms with E-state index in [2.05, 4.69) is 5.32 Å². The molecular formula is C15H20ClNO2. The van der Waals surface area contributed by atoms with E-state index < -0.39 is 5.60 Å². The Labute approximate surface area is 119 Å². The maximum Gasteiger partial charge on any atom is 0.311 e. The summed E-state index contributed by atoms with van der Waals surface area (Å²) in [4.78, 5) is 12.2. The van der Waals surface area contributed by atoms with Crippen molar-refractivity contribution in [1.82, 2.24) is 5.32 Å². The monoisotopic (exact) mass is 281 g/mol. The number of carbonyl (C=O) groups is 1. The number of hydrogen-bond donors (Lipinski definition) is 1. The van der Waals surface area contributed by atoms with Crippen molar-refractivity contribution >= 4 is 17.6 Å². The van der Waals surface area contributed by atoms with Crippen LogP contribution in [-0.2, 0) is 9.53 Å². The average Bonchev–Trinajstić information content (AvgIpc) is 2.76. The Morgan fingerprint density at radius 2 is 1.89 bits per heavy atom. The number of benzene rings is 1. The first-order valence-electron chi connectivity index (χ1n) is 6.56. The molecule has 1 aliphatic heterocycles. The van der Waals surface area contributed by atoms with Crippen molar-refractivity contribution in [2.24, 2.45) is 5.92 Å². The van der Waals surface area contributed by atoms with Gasteiger partial charge in [-0.15, -0.1) is 0 Å². The van der Waals surface area contributed by atoms with E-state index in [1.54, 1.807) is 0 Å². The van der Waals surface area contributed by atoms with E-state index in [0.29, 0.717) is 11.6 Å². The number of rotatable bonds is 2. The van der Waals surface area contributed by atoms with Crippen LogP contribution in [-0.4, -0.2) is 24.7 Å². The molecule has 1 N–H and O–H groups in total. The van der Waals surface area contributed by atoms with Crippen LogP contribution in [0.1, 0.15) is 32.3 Å². The van der Waals surface area contributed by atoms with Crippen molar-refractivity contribution in [3.05, 3.63) is 34.9 Å². The molecule has 1 heterocycles. The van der Waals surface area contributed by atoms with Gasteiger partial charge in [-0.25, -0.2) is 0 Å². The molecule has 0 aliphatic carbocycles. The second kappa shape index (κ2) is 5.51. The van der Waals surface area contributed by atoms with Crippen LogP contribution in [0.4, 0.5) is 0 Å². The summed E-state index contributed by atoms with van der Waals surface area (Å²) in [6.07, 6.45) is 0. The molecule has 0 spiro atoms. The van der Waals surface area contributed by atoms with Gasteiger partial charge in [0.15, 0.2) is 0 Å². The fourth-order valence-corrected chi connectivity index (χ4v) is 2.49. The number of hydrogen-bond acceptors (Lipinski definition) is 3. The van der Waals surface area contributed by atoms with Crippen LogP contribution in [0.15, 0.2) is 24.3 Å². The van der Waals surface area contributed by atoms with Gasteiger partial charge in [0.25, 0.3) is 0 Å². The third kappa shape index (κ3) is 3.71. The summed E-state index contributed by atoms with van der Waals surface area (Å²) in [6.45, 7) is 7.15. The molecule has 104 valence electrons. The van der Waals surface area contributed by atoms with Crippen molar-refractivity contribution in [1.29, 1.82) is 0 Å². The minimum absolute atomic E-state index is 0.125. The normalized spacial score (nSPS) is 23.4. The van der Waals surface area contributed by atoms with Crippen LogP contribution in [0.2, 0.25) is 5.02 Å². The summed E-state index contributed by atoms with van der Waals surface area (Å²) in [5.74, 6) is -0.0926. The summed E-state index contributed by atoms with van der Waals surface area (Å²) in [5, 5.41) is 3.98. The maximum absolute atomic E-state index is 12.2. The van der Waals surface area contributed by atoms with Crippen molar-refractivity contribution in [2.75, 3.05) is 13.1 Å². The summed E-state index contributed by atoms with van der Waals surface area (Å²) in [5.41, 5.74) is 0.690. The lowest BCUT2D eigenvalue weighted by molar-refractivity contribution is -0.159. The van der Waals surface area contributed by atoms with E-state index >= 15 is 0 Å². The highest BCUT2D eigenvalue weighted by atomic mass is 35.5. The van der Waals surface area contributed by atoms with Crippen LogP contribution < -0.4 is 5.32 Å². The standard InChI is InChI=1S/C15H20ClNO2/c1-15(2,3)19-14(18)13-9-17-8-12(13)10-4-6-11(16)7-5-10/h4-7,12-13,17H,8-9H2,1-3H3. The molecule has 1 saturated heterocycles. The number of halogens is 1. The first kappa shape index (κ1) is 14.4. The molecule has 1 fully saturated rings. The number of carbonyl (C=O) groups excluding carboxylic acids is 1. The summed E-state index contributed by atoms with van der Waals surface area (Å²) in [7, 11) is 0. The maximum atomic E-state index is 12.2. The smallest absolute Gasteiger partial charge is 0.311 e. The Morgan fingerprint density at radius 3 is 2.47 bits per heavy atom. The van der Waals surface area contributed by atoms with E-state index in [1.165, 1.54) is 0 Å². The topological polar surface area (TPSA) is 38.3 Å². The largest absolute Gasteiger partial charge is 0.460 e. The van der Waals surface area contributed by atoms with Gasteiger partial charge >= 0.3 is 5.97 Å². The highest BCUT2D eigenvalue weighted by Gasteiger charge is 2.36. The van der Waals surface area contributed by atoms with Crippen LogP contribution in [0.25, 0.3) is 0 Å². The van der Waals surface area contributed by atoms with E-state index in [1.807, 2.05) is 45.0 Å². The van der Waals surface area contributed by atoms with Crippen molar-refractivity contribution in [3.8, 4) is 0 Å². The third-order valence-electron chi connectivity index (χ3n) is 3.22. The molecule has 2 atom stereocenters. The van der Waals surface area contributed by atoms with Crippen molar-refractivity contribution < 1.29 is 9.53 Å². The van der Waals surface area contributed by atoms with Crippen LogP contribution in [0.5, 0.6) is 0 Å². The fourth-order valence-electron chi connectivity index (χ4n) is 2.36. The van der Waals surface area contributed by atoms with E-state index in [9.17, 15) is 4.79 Å². The molecule has 0 saturated carbocycles. The molecule has 1 aromatic rings. The molecule has 3 nitrogen and oxygen atoms in total. The first-order chi connectivity index (χ1) is 8.87. The second-order valence-corrected chi connectivity index (χ2v) is 6.39. The predicted octanol–water partition coefficient (Wildman–Crippen LogP) is 2.98. The zero-order valence-electron chi connectivity index (χ0n) is 11.6. The minimum atomic E-state index is -0.440. The molecule has 0 radical (unpaired) electrons. The molecule has 0 bridgehead atoms. The summed E-state index contributed by atoms with van der Waals surface area (Å²) in [6, 6.07) is 7.69. The lowest BCUT2D eigenvalue weighted by atomic mass is 9.89. The number of ether oxygens (including phenoxy) is 1. The highest BCUT2D eigenvalue weighted by molar-refractivity contribution is 6.30. The Balaban J connectivity index is 2.12. The summed E-state index contributed by atoms with van der Waals surface area (Å²) >= 11 is 5.90. The SMILES string of the molecule is CC(C)(C)OC(=O)C1CNCC1c1ccc(Cl)cc1. The first-order valence-corrected chi connectivity index (χ1v) is 6.93. The molecular weight excluding hydrogens is 262 g/mol. The van der Waals surface area contributed by atoms with E-state index in [4.69, 9.17) is 16.3 Å². The number of nitrogens with one attached hydrogen (secondary N) is 1. The Hall–Kier alpha value is -1.06. The third-order valence-corrected chi connectivity index (χ3v) is 3.47. The van der Waals surface area contributed by atoms with Crippen LogP contribution >= 0.6 is 11.6 Å². The van der Waals surface area contributed by atoms with Gasteiger partial charge < -0.3 is 10.1 Å². The quantitative estimate of drug-likeness (QED) is 0.847. The molecule has 2 unspecified atom stereocenters. The van der Waals surface area contributed by atoms with Gasteiger partial charge in [0, 0.05) is 24.0 Å². The zero-order valence-corrected chi connectivity index (χ0v) is 12.3. The lowest BCUT2D eigenvalue weighted by Gasteiger charge is -2.24. The Bertz CT molecular complexity index is 450. The zero-order chi connectivity index (χ0) is 14.0. The molecule has 1 aromatic carbocycles.